The van der Waals surface area contributed by atoms with Crippen LogP contribution in [0.15, 0.2) is 18.2 Å². The van der Waals surface area contributed by atoms with Crippen LogP contribution in [0.3, 0.4) is 0 Å². The van der Waals surface area contributed by atoms with Crippen LogP contribution < -0.4 is 11.1 Å². The summed E-state index contributed by atoms with van der Waals surface area (Å²) in [6.07, 6.45) is 3.35. The fourth-order valence-corrected chi connectivity index (χ4v) is 2.64. The number of amides is 1. The normalized spacial score (nSPS) is 16.1. The second-order valence-corrected chi connectivity index (χ2v) is 5.36. The van der Waals surface area contributed by atoms with E-state index in [2.05, 4.69) is 5.32 Å². The number of rotatable bonds is 4. The maximum absolute atomic E-state index is 12.1. The van der Waals surface area contributed by atoms with Crippen LogP contribution in [0.4, 0.5) is 5.69 Å². The van der Waals surface area contributed by atoms with Gasteiger partial charge in [-0.3, -0.25) is 14.9 Å². The molecule has 1 aliphatic rings. The van der Waals surface area contributed by atoms with E-state index in [1.807, 2.05) is 0 Å². The van der Waals surface area contributed by atoms with Gasteiger partial charge in [0.1, 0.15) is 0 Å². The van der Waals surface area contributed by atoms with Gasteiger partial charge in [-0.2, -0.15) is 0 Å². The Hall–Kier alpha value is -1.66. The lowest BCUT2D eigenvalue weighted by Crippen LogP contribution is -2.51. The highest BCUT2D eigenvalue weighted by Gasteiger charge is 2.36. The first-order valence-corrected chi connectivity index (χ1v) is 6.74. The smallest absolute Gasteiger partial charge is 0.272 e. The molecule has 0 radical (unpaired) electrons. The van der Waals surface area contributed by atoms with Crippen LogP contribution >= 0.6 is 12.4 Å². The van der Waals surface area contributed by atoms with Gasteiger partial charge in [-0.25, -0.2) is 0 Å². The molecular weight excluding hydrogens is 294 g/mol. The predicted octanol–water partition coefficient (Wildman–Crippen LogP) is 2.21. The van der Waals surface area contributed by atoms with Crippen LogP contribution in [0.2, 0.25) is 0 Å². The molecule has 0 saturated heterocycles. The second kappa shape index (κ2) is 6.87. The Labute approximate surface area is 129 Å². The zero-order valence-corrected chi connectivity index (χ0v) is 12.7. The zero-order valence-electron chi connectivity index (χ0n) is 11.9. The largest absolute Gasteiger partial charge is 0.350 e. The quantitative estimate of drug-likeness (QED) is 0.657. The topological polar surface area (TPSA) is 98.3 Å². The molecule has 21 heavy (non-hydrogen) atoms. The molecule has 0 unspecified atom stereocenters. The van der Waals surface area contributed by atoms with E-state index in [1.54, 1.807) is 19.1 Å². The molecular formula is C14H20ClN3O3. The van der Waals surface area contributed by atoms with Crippen molar-refractivity contribution >= 4 is 24.0 Å². The number of carbonyl (C=O) groups excluding carboxylic acids is 1. The standard InChI is InChI=1S/C14H19N3O3.ClH/c1-10-11(5-4-6-12(10)17(19)20)9-16-13(18)14(15)7-2-3-8-14;/h4-6H,2-3,7-9,15H2,1H3,(H,16,18);1H. The molecule has 2 rings (SSSR count). The maximum atomic E-state index is 12.1. The minimum absolute atomic E-state index is 0. The van der Waals surface area contributed by atoms with Gasteiger partial charge in [0.05, 0.1) is 10.5 Å². The van der Waals surface area contributed by atoms with E-state index in [9.17, 15) is 14.9 Å². The lowest BCUT2D eigenvalue weighted by atomic mass is 9.98. The molecule has 0 bridgehead atoms. The number of benzene rings is 1. The van der Waals surface area contributed by atoms with Crippen molar-refractivity contribution < 1.29 is 9.72 Å². The van der Waals surface area contributed by atoms with Crippen molar-refractivity contribution in [2.45, 2.75) is 44.7 Å². The number of carbonyl (C=O) groups is 1. The van der Waals surface area contributed by atoms with Gasteiger partial charge in [0.15, 0.2) is 0 Å². The molecule has 1 fully saturated rings. The van der Waals surface area contributed by atoms with E-state index < -0.39 is 10.5 Å². The average Bonchev–Trinajstić information content (AvgIpc) is 2.85. The zero-order chi connectivity index (χ0) is 14.8. The van der Waals surface area contributed by atoms with Crippen LogP contribution in [0.25, 0.3) is 0 Å². The first-order chi connectivity index (χ1) is 9.44. The molecule has 1 amide bonds. The SMILES string of the molecule is Cc1c(CNC(=O)C2(N)CCCC2)cccc1[N+](=O)[O-].Cl. The summed E-state index contributed by atoms with van der Waals surface area (Å²) < 4.78 is 0. The molecule has 0 spiro atoms. The number of nitrogens with two attached hydrogens (primary N) is 1. The Balaban J connectivity index is 0.00000220. The van der Waals surface area contributed by atoms with Gasteiger partial charge in [0, 0.05) is 18.2 Å². The Morgan fingerprint density at radius 3 is 2.62 bits per heavy atom. The molecule has 1 aromatic carbocycles. The number of halogens is 1. The fourth-order valence-electron chi connectivity index (χ4n) is 2.64. The van der Waals surface area contributed by atoms with Crippen molar-refractivity contribution in [1.82, 2.24) is 5.32 Å². The summed E-state index contributed by atoms with van der Waals surface area (Å²) in [5.74, 6) is -0.166. The molecule has 1 aliphatic carbocycles. The molecule has 7 heteroatoms. The van der Waals surface area contributed by atoms with Gasteiger partial charge in [0.25, 0.3) is 5.69 Å². The Bertz CT molecular complexity index is 542. The summed E-state index contributed by atoms with van der Waals surface area (Å²) in [5.41, 5.74) is 6.69. The van der Waals surface area contributed by atoms with E-state index in [0.717, 1.165) is 18.4 Å². The average molecular weight is 314 g/mol. The monoisotopic (exact) mass is 313 g/mol. The van der Waals surface area contributed by atoms with Crippen LogP contribution in [0.1, 0.15) is 36.8 Å². The predicted molar refractivity (Wildman–Crippen MR) is 82.3 cm³/mol. The van der Waals surface area contributed by atoms with Crippen LogP contribution in [0.5, 0.6) is 0 Å². The highest BCUT2D eigenvalue weighted by molar-refractivity contribution is 5.86. The van der Waals surface area contributed by atoms with Crippen molar-refractivity contribution in [2.75, 3.05) is 0 Å². The van der Waals surface area contributed by atoms with Crippen molar-refractivity contribution in [3.8, 4) is 0 Å². The van der Waals surface area contributed by atoms with Crippen molar-refractivity contribution in [1.29, 1.82) is 0 Å². The molecule has 6 nitrogen and oxygen atoms in total. The first kappa shape index (κ1) is 17.4. The van der Waals surface area contributed by atoms with Crippen LogP contribution in [0, 0.1) is 17.0 Å². The third kappa shape index (κ3) is 3.71. The van der Waals surface area contributed by atoms with E-state index >= 15 is 0 Å². The Morgan fingerprint density at radius 1 is 1.43 bits per heavy atom. The lowest BCUT2D eigenvalue weighted by Gasteiger charge is -2.22. The first-order valence-electron chi connectivity index (χ1n) is 6.74. The number of hydrogen-bond donors (Lipinski definition) is 2. The number of nitrogens with zero attached hydrogens (tertiary/aromatic N) is 1. The van der Waals surface area contributed by atoms with E-state index in [1.165, 1.54) is 6.07 Å². The highest BCUT2D eigenvalue weighted by atomic mass is 35.5. The third-order valence-electron chi connectivity index (χ3n) is 4.00. The number of nitro benzene ring substituents is 1. The second-order valence-electron chi connectivity index (χ2n) is 5.36. The molecule has 0 atom stereocenters. The molecule has 1 aromatic rings. The summed E-state index contributed by atoms with van der Waals surface area (Å²) >= 11 is 0. The third-order valence-corrected chi connectivity index (χ3v) is 4.00. The van der Waals surface area contributed by atoms with Gasteiger partial charge in [-0.15, -0.1) is 12.4 Å². The van der Waals surface area contributed by atoms with Crippen molar-refractivity contribution in [3.05, 3.63) is 39.4 Å². The summed E-state index contributed by atoms with van der Waals surface area (Å²) in [6.45, 7) is 1.96. The van der Waals surface area contributed by atoms with E-state index in [4.69, 9.17) is 5.73 Å². The van der Waals surface area contributed by atoms with Gasteiger partial charge in [-0.1, -0.05) is 25.0 Å². The Morgan fingerprint density at radius 2 is 2.05 bits per heavy atom. The molecule has 0 aromatic heterocycles. The molecule has 3 N–H and O–H groups in total. The Kier molecular flexibility index (Phi) is 5.69. The summed E-state index contributed by atoms with van der Waals surface area (Å²) in [4.78, 5) is 22.6. The lowest BCUT2D eigenvalue weighted by molar-refractivity contribution is -0.385. The molecule has 1 saturated carbocycles. The van der Waals surface area contributed by atoms with Gasteiger partial charge in [0.2, 0.25) is 5.91 Å². The minimum Gasteiger partial charge on any atom is -0.350 e. The minimum atomic E-state index is -0.769. The number of nitrogens with one attached hydrogen (secondary N) is 1. The van der Waals surface area contributed by atoms with Gasteiger partial charge < -0.3 is 11.1 Å². The number of hydrogen-bond acceptors (Lipinski definition) is 4. The van der Waals surface area contributed by atoms with Crippen molar-refractivity contribution in [3.63, 3.8) is 0 Å². The highest BCUT2D eigenvalue weighted by Crippen LogP contribution is 2.27. The van der Waals surface area contributed by atoms with E-state index in [0.29, 0.717) is 18.4 Å². The van der Waals surface area contributed by atoms with Crippen LogP contribution in [-0.2, 0) is 11.3 Å². The van der Waals surface area contributed by atoms with Gasteiger partial charge in [-0.05, 0) is 25.3 Å². The fraction of sp³-hybridized carbons (Fsp3) is 0.500. The van der Waals surface area contributed by atoms with Gasteiger partial charge >= 0.3 is 0 Å². The maximum Gasteiger partial charge on any atom is 0.272 e. The molecule has 0 heterocycles. The van der Waals surface area contributed by atoms with Crippen LogP contribution in [-0.4, -0.2) is 16.4 Å². The summed E-state index contributed by atoms with van der Waals surface area (Å²) in [5, 5.41) is 13.7. The molecule has 0 aliphatic heterocycles. The summed E-state index contributed by atoms with van der Waals surface area (Å²) in [7, 11) is 0. The number of nitro groups is 1. The summed E-state index contributed by atoms with van der Waals surface area (Å²) in [6, 6.07) is 4.86. The van der Waals surface area contributed by atoms with Crippen molar-refractivity contribution in [2.24, 2.45) is 5.73 Å². The van der Waals surface area contributed by atoms with E-state index in [-0.39, 0.29) is 30.5 Å². The molecule has 116 valence electrons.